The van der Waals surface area contributed by atoms with Gasteiger partial charge in [0.1, 0.15) is 0 Å². The van der Waals surface area contributed by atoms with Gasteiger partial charge >= 0.3 is 0 Å². The van der Waals surface area contributed by atoms with E-state index < -0.39 is 0 Å². The number of anilines is 1. The van der Waals surface area contributed by atoms with Crippen LogP contribution >= 0.6 is 12.2 Å². The molecule has 2 N–H and O–H groups in total. The number of carbonyl (C=O) groups is 1. The highest BCUT2D eigenvalue weighted by Gasteiger charge is 1.99. The lowest BCUT2D eigenvalue weighted by Gasteiger charge is -2.07. The van der Waals surface area contributed by atoms with Crippen LogP contribution in [0.15, 0.2) is 24.3 Å². The number of hydrogen-bond acceptors (Lipinski definition) is 3. The molecule has 0 radical (unpaired) electrons. The van der Waals surface area contributed by atoms with E-state index in [2.05, 4.69) is 10.6 Å². The third-order valence-electron chi connectivity index (χ3n) is 1.56. The lowest BCUT2D eigenvalue weighted by Crippen LogP contribution is -2.32. The van der Waals surface area contributed by atoms with Crippen molar-refractivity contribution in [3.05, 3.63) is 29.8 Å². The molecule has 0 heterocycles. The second-order valence-corrected chi connectivity index (χ2v) is 3.23. The quantitative estimate of drug-likeness (QED) is 0.700. The zero-order valence-corrected chi connectivity index (χ0v) is 8.89. The minimum atomic E-state index is -0.221. The van der Waals surface area contributed by atoms with E-state index in [4.69, 9.17) is 17.5 Å². The number of hydrogen-bond donors (Lipinski definition) is 2. The van der Waals surface area contributed by atoms with Crippen molar-refractivity contribution in [2.24, 2.45) is 0 Å². The van der Waals surface area contributed by atoms with E-state index >= 15 is 0 Å². The summed E-state index contributed by atoms with van der Waals surface area (Å²) in [6.07, 6.45) is 0. The molecule has 5 heteroatoms. The van der Waals surface area contributed by atoms with Crippen molar-refractivity contribution >= 4 is 28.9 Å². The second kappa shape index (κ2) is 5.08. The molecule has 0 aliphatic carbocycles. The Kier molecular flexibility index (Phi) is 3.77. The van der Waals surface area contributed by atoms with E-state index in [1.165, 1.54) is 6.92 Å². The Morgan fingerprint density at radius 1 is 1.40 bits per heavy atom. The maximum Gasteiger partial charge on any atom is 0.222 e. The van der Waals surface area contributed by atoms with Gasteiger partial charge in [0.15, 0.2) is 5.11 Å². The molecule has 0 unspecified atom stereocenters. The third kappa shape index (κ3) is 3.75. The summed E-state index contributed by atoms with van der Waals surface area (Å²) in [5, 5.41) is 14.1. The van der Waals surface area contributed by atoms with E-state index in [1.807, 2.05) is 6.07 Å². The normalized spacial score (nSPS) is 8.80. The Balaban J connectivity index is 2.62. The lowest BCUT2D eigenvalue weighted by atomic mass is 10.2. The summed E-state index contributed by atoms with van der Waals surface area (Å²) in [6, 6.07) is 8.77. The van der Waals surface area contributed by atoms with Crippen LogP contribution < -0.4 is 10.6 Å². The summed E-state index contributed by atoms with van der Waals surface area (Å²) in [6.45, 7) is 1.38. The van der Waals surface area contributed by atoms with Crippen LogP contribution in [0.1, 0.15) is 12.5 Å². The van der Waals surface area contributed by atoms with Gasteiger partial charge in [0.2, 0.25) is 5.91 Å². The fourth-order valence-corrected chi connectivity index (χ4v) is 1.21. The van der Waals surface area contributed by atoms with Crippen molar-refractivity contribution in [3.63, 3.8) is 0 Å². The average Bonchev–Trinajstić information content (AvgIpc) is 2.17. The summed E-state index contributed by atoms with van der Waals surface area (Å²) in [5.74, 6) is -0.221. The molecule has 4 nitrogen and oxygen atoms in total. The van der Waals surface area contributed by atoms with Crippen molar-refractivity contribution < 1.29 is 4.79 Å². The largest absolute Gasteiger partial charge is 0.332 e. The molecule has 0 saturated carbocycles. The fraction of sp³-hybridized carbons (Fsp3) is 0.100. The van der Waals surface area contributed by atoms with Gasteiger partial charge in [-0.2, -0.15) is 5.26 Å². The molecular formula is C10H9N3OS. The molecule has 0 aliphatic heterocycles. The van der Waals surface area contributed by atoms with Crippen LogP contribution in [0.25, 0.3) is 0 Å². The van der Waals surface area contributed by atoms with Crippen molar-refractivity contribution in [2.45, 2.75) is 6.92 Å². The van der Waals surface area contributed by atoms with Gasteiger partial charge in [0, 0.05) is 12.6 Å². The third-order valence-corrected chi connectivity index (χ3v) is 1.77. The maximum absolute atomic E-state index is 10.7. The standard InChI is InChI=1S/C10H9N3OS/c1-7(14)12-10(15)13-9-4-2-8(6-11)3-5-9/h2-5H,1H3,(H2,12,13,14,15). The summed E-state index contributed by atoms with van der Waals surface area (Å²) in [4.78, 5) is 10.7. The molecule has 1 aromatic rings. The Morgan fingerprint density at radius 2 is 2.00 bits per heavy atom. The number of nitriles is 1. The van der Waals surface area contributed by atoms with Gasteiger partial charge in [-0.25, -0.2) is 0 Å². The molecule has 0 saturated heterocycles. The summed E-state index contributed by atoms with van der Waals surface area (Å²) < 4.78 is 0. The first-order chi connectivity index (χ1) is 7.11. The molecule has 76 valence electrons. The number of thiocarbonyl (C=S) groups is 1. The van der Waals surface area contributed by atoms with Crippen LogP contribution in [0.3, 0.4) is 0 Å². The first-order valence-corrected chi connectivity index (χ1v) is 4.61. The van der Waals surface area contributed by atoms with Gasteiger partial charge in [-0.05, 0) is 36.5 Å². The minimum Gasteiger partial charge on any atom is -0.332 e. The predicted octanol–water partition coefficient (Wildman–Crippen LogP) is 1.39. The van der Waals surface area contributed by atoms with Crippen LogP contribution in [0.5, 0.6) is 0 Å². The topological polar surface area (TPSA) is 64.9 Å². The number of amides is 1. The smallest absolute Gasteiger partial charge is 0.222 e. The molecule has 0 aromatic heterocycles. The highest BCUT2D eigenvalue weighted by atomic mass is 32.1. The van der Waals surface area contributed by atoms with Crippen molar-refractivity contribution in [1.82, 2.24) is 5.32 Å². The molecule has 1 aromatic carbocycles. The Labute approximate surface area is 92.9 Å². The number of rotatable bonds is 1. The first kappa shape index (κ1) is 11.1. The Morgan fingerprint density at radius 3 is 2.47 bits per heavy atom. The number of nitrogens with one attached hydrogen (secondary N) is 2. The van der Waals surface area contributed by atoms with E-state index in [0.29, 0.717) is 5.56 Å². The van der Waals surface area contributed by atoms with Gasteiger partial charge in [-0.1, -0.05) is 0 Å². The number of benzene rings is 1. The average molecular weight is 219 g/mol. The highest BCUT2D eigenvalue weighted by Crippen LogP contribution is 2.08. The van der Waals surface area contributed by atoms with Crippen LogP contribution in [-0.2, 0) is 4.79 Å². The second-order valence-electron chi connectivity index (χ2n) is 2.82. The number of carbonyl (C=O) groups excluding carboxylic acids is 1. The molecule has 0 bridgehead atoms. The Hall–Kier alpha value is -1.93. The van der Waals surface area contributed by atoms with Crippen molar-refractivity contribution in [1.29, 1.82) is 5.26 Å². The van der Waals surface area contributed by atoms with E-state index in [1.54, 1.807) is 24.3 Å². The highest BCUT2D eigenvalue weighted by molar-refractivity contribution is 7.80. The number of nitrogens with zero attached hydrogens (tertiary/aromatic N) is 1. The fourth-order valence-electron chi connectivity index (χ4n) is 0.950. The molecule has 1 rings (SSSR count). The molecular weight excluding hydrogens is 210 g/mol. The minimum absolute atomic E-state index is 0.221. The molecule has 15 heavy (non-hydrogen) atoms. The van der Waals surface area contributed by atoms with Crippen molar-refractivity contribution in [3.8, 4) is 6.07 Å². The maximum atomic E-state index is 10.7. The van der Waals surface area contributed by atoms with Gasteiger partial charge in [0.25, 0.3) is 0 Å². The molecule has 0 atom stereocenters. The first-order valence-electron chi connectivity index (χ1n) is 4.20. The van der Waals surface area contributed by atoms with Gasteiger partial charge in [-0.15, -0.1) is 0 Å². The molecule has 0 spiro atoms. The monoisotopic (exact) mass is 219 g/mol. The van der Waals surface area contributed by atoms with Crippen LogP contribution in [0.2, 0.25) is 0 Å². The van der Waals surface area contributed by atoms with Gasteiger partial charge < -0.3 is 10.6 Å². The SMILES string of the molecule is CC(=O)NC(=S)Nc1ccc(C#N)cc1. The van der Waals surface area contributed by atoms with E-state index in [0.717, 1.165) is 5.69 Å². The summed E-state index contributed by atoms with van der Waals surface area (Å²) >= 11 is 4.87. The zero-order valence-electron chi connectivity index (χ0n) is 8.07. The van der Waals surface area contributed by atoms with Crippen LogP contribution in [0.4, 0.5) is 5.69 Å². The molecule has 1 amide bonds. The summed E-state index contributed by atoms with van der Waals surface area (Å²) in [5.41, 5.74) is 1.30. The summed E-state index contributed by atoms with van der Waals surface area (Å²) in [7, 11) is 0. The molecule has 0 fully saturated rings. The predicted molar refractivity (Wildman–Crippen MR) is 61.2 cm³/mol. The zero-order chi connectivity index (χ0) is 11.3. The Bertz CT molecular complexity index is 419. The molecule has 0 aliphatic rings. The van der Waals surface area contributed by atoms with E-state index in [9.17, 15) is 4.79 Å². The van der Waals surface area contributed by atoms with Crippen LogP contribution in [0, 0.1) is 11.3 Å². The van der Waals surface area contributed by atoms with Gasteiger partial charge in [0.05, 0.1) is 11.6 Å². The van der Waals surface area contributed by atoms with E-state index in [-0.39, 0.29) is 11.0 Å². The van der Waals surface area contributed by atoms with Crippen molar-refractivity contribution in [2.75, 3.05) is 5.32 Å². The van der Waals surface area contributed by atoms with Crippen LogP contribution in [-0.4, -0.2) is 11.0 Å². The lowest BCUT2D eigenvalue weighted by molar-refractivity contribution is -0.117. The van der Waals surface area contributed by atoms with Gasteiger partial charge in [-0.3, -0.25) is 4.79 Å².